The third kappa shape index (κ3) is 5.18. The van der Waals surface area contributed by atoms with Crippen LogP contribution in [0.2, 0.25) is 0 Å². The van der Waals surface area contributed by atoms with Crippen LogP contribution < -0.4 is 12.4 Å². The highest BCUT2D eigenvalue weighted by molar-refractivity contribution is 5.47. The van der Waals surface area contributed by atoms with Crippen molar-refractivity contribution in [1.82, 2.24) is 0 Å². The SMILES string of the molecule is C=Cc1ccc(C[N+](C)(C)Cc2ccc(C=C)cc2)cc1.[Cl-]. The van der Waals surface area contributed by atoms with Gasteiger partial charge < -0.3 is 16.9 Å². The van der Waals surface area contributed by atoms with Gasteiger partial charge in [-0.05, 0) is 11.1 Å². The fraction of sp³-hybridized carbons (Fsp3) is 0.200. The van der Waals surface area contributed by atoms with Crippen molar-refractivity contribution in [3.05, 3.63) is 83.9 Å². The van der Waals surface area contributed by atoms with Crippen molar-refractivity contribution >= 4 is 12.2 Å². The molecule has 0 radical (unpaired) electrons. The zero-order valence-corrected chi connectivity index (χ0v) is 14.2. The lowest BCUT2D eigenvalue weighted by atomic mass is 10.1. The Morgan fingerprint density at radius 2 is 1.05 bits per heavy atom. The topological polar surface area (TPSA) is 0 Å². The first-order chi connectivity index (χ1) is 10.0. The molecule has 22 heavy (non-hydrogen) atoms. The molecule has 0 atom stereocenters. The molecule has 0 aliphatic rings. The number of hydrogen-bond donors (Lipinski definition) is 0. The summed E-state index contributed by atoms with van der Waals surface area (Å²) < 4.78 is 0.931. The smallest absolute Gasteiger partial charge is 0.104 e. The normalized spacial score (nSPS) is 10.6. The van der Waals surface area contributed by atoms with Gasteiger partial charge >= 0.3 is 0 Å². The second-order valence-corrected chi connectivity index (χ2v) is 6.14. The second kappa shape index (κ2) is 7.98. The molecule has 0 N–H and O–H groups in total. The van der Waals surface area contributed by atoms with Crippen LogP contribution in [0.15, 0.2) is 61.7 Å². The van der Waals surface area contributed by atoms with Crippen LogP contribution in [0, 0.1) is 0 Å². The molecule has 0 aliphatic heterocycles. The van der Waals surface area contributed by atoms with E-state index in [0.717, 1.165) is 17.6 Å². The molecule has 2 aromatic carbocycles. The van der Waals surface area contributed by atoms with Gasteiger partial charge in [-0.2, -0.15) is 0 Å². The lowest BCUT2D eigenvalue weighted by Gasteiger charge is -2.30. The lowest BCUT2D eigenvalue weighted by Crippen LogP contribution is -3.00. The van der Waals surface area contributed by atoms with Gasteiger partial charge in [-0.15, -0.1) is 0 Å². The van der Waals surface area contributed by atoms with Gasteiger partial charge in [-0.3, -0.25) is 0 Å². The highest BCUT2D eigenvalue weighted by atomic mass is 35.5. The Bertz CT molecular complexity index is 554. The Morgan fingerprint density at radius 3 is 1.32 bits per heavy atom. The summed E-state index contributed by atoms with van der Waals surface area (Å²) in [5.41, 5.74) is 5.05. The van der Waals surface area contributed by atoms with Gasteiger partial charge in [0.15, 0.2) is 0 Å². The number of nitrogens with zero attached hydrogens (tertiary/aromatic N) is 1. The van der Waals surface area contributed by atoms with Crippen molar-refractivity contribution in [3.63, 3.8) is 0 Å². The summed E-state index contributed by atoms with van der Waals surface area (Å²) >= 11 is 0. The number of halogens is 1. The van der Waals surface area contributed by atoms with E-state index in [1.165, 1.54) is 22.3 Å². The first-order valence-corrected chi connectivity index (χ1v) is 7.27. The molecule has 0 unspecified atom stereocenters. The number of benzene rings is 2. The third-order valence-corrected chi connectivity index (χ3v) is 3.65. The Morgan fingerprint density at radius 1 is 0.727 bits per heavy atom. The van der Waals surface area contributed by atoms with Gasteiger partial charge in [-0.1, -0.05) is 73.8 Å². The second-order valence-electron chi connectivity index (χ2n) is 6.14. The molecule has 0 heterocycles. The van der Waals surface area contributed by atoms with E-state index in [1.54, 1.807) is 0 Å². The summed E-state index contributed by atoms with van der Waals surface area (Å²) in [6.45, 7) is 9.62. The quantitative estimate of drug-likeness (QED) is 0.713. The van der Waals surface area contributed by atoms with Gasteiger partial charge in [0.1, 0.15) is 13.1 Å². The molecule has 0 aromatic heterocycles. The van der Waals surface area contributed by atoms with Crippen LogP contribution in [-0.4, -0.2) is 18.6 Å². The molecular weight excluding hydrogens is 290 g/mol. The Balaban J connectivity index is 0.00000242. The van der Waals surface area contributed by atoms with Gasteiger partial charge in [-0.25, -0.2) is 0 Å². The van der Waals surface area contributed by atoms with Gasteiger partial charge in [0, 0.05) is 11.1 Å². The molecule has 0 aliphatic carbocycles. The highest BCUT2D eigenvalue weighted by Gasteiger charge is 2.16. The maximum absolute atomic E-state index is 3.79. The van der Waals surface area contributed by atoms with Crippen molar-refractivity contribution in [2.75, 3.05) is 14.1 Å². The van der Waals surface area contributed by atoms with E-state index in [1.807, 2.05) is 12.2 Å². The summed E-state index contributed by atoms with van der Waals surface area (Å²) in [5, 5.41) is 0. The lowest BCUT2D eigenvalue weighted by molar-refractivity contribution is -0.916. The summed E-state index contributed by atoms with van der Waals surface area (Å²) in [6.07, 6.45) is 3.76. The fourth-order valence-corrected chi connectivity index (χ4v) is 2.56. The highest BCUT2D eigenvalue weighted by Crippen LogP contribution is 2.16. The molecule has 0 bridgehead atoms. The van der Waals surface area contributed by atoms with Crippen LogP contribution in [0.4, 0.5) is 0 Å². The molecule has 0 saturated heterocycles. The van der Waals surface area contributed by atoms with Crippen molar-refractivity contribution in [2.24, 2.45) is 0 Å². The van der Waals surface area contributed by atoms with E-state index in [2.05, 4.69) is 75.8 Å². The van der Waals surface area contributed by atoms with Crippen LogP contribution in [0.5, 0.6) is 0 Å². The minimum Gasteiger partial charge on any atom is -1.00 e. The van der Waals surface area contributed by atoms with Gasteiger partial charge in [0.2, 0.25) is 0 Å². The molecule has 0 amide bonds. The van der Waals surface area contributed by atoms with Crippen LogP contribution in [0.3, 0.4) is 0 Å². The van der Waals surface area contributed by atoms with E-state index in [9.17, 15) is 0 Å². The van der Waals surface area contributed by atoms with Crippen LogP contribution in [-0.2, 0) is 13.1 Å². The standard InChI is InChI=1S/C20H24N.ClH/c1-5-17-7-11-19(12-8-17)15-21(3,4)16-20-13-9-18(6-2)10-14-20;/h5-14H,1-2,15-16H2,3-4H3;1H/q+1;/p-1. The first kappa shape index (κ1) is 18.2. The van der Waals surface area contributed by atoms with Gasteiger partial charge in [0.05, 0.1) is 14.1 Å². The number of hydrogen-bond acceptors (Lipinski definition) is 0. The predicted molar refractivity (Wildman–Crippen MR) is 92.6 cm³/mol. The predicted octanol–water partition coefficient (Wildman–Crippen LogP) is 1.75. The fourth-order valence-electron chi connectivity index (χ4n) is 2.56. The molecule has 2 rings (SSSR count). The van der Waals surface area contributed by atoms with Crippen molar-refractivity contribution < 1.29 is 16.9 Å². The molecule has 116 valence electrons. The Labute approximate surface area is 140 Å². The zero-order chi connectivity index (χ0) is 15.3. The Kier molecular flexibility index (Phi) is 6.61. The minimum atomic E-state index is 0. The summed E-state index contributed by atoms with van der Waals surface area (Å²) in [4.78, 5) is 0. The summed E-state index contributed by atoms with van der Waals surface area (Å²) in [6, 6.07) is 17.3. The van der Waals surface area contributed by atoms with Crippen LogP contribution in [0.25, 0.3) is 12.2 Å². The van der Waals surface area contributed by atoms with Crippen molar-refractivity contribution in [1.29, 1.82) is 0 Å². The van der Waals surface area contributed by atoms with E-state index < -0.39 is 0 Å². The van der Waals surface area contributed by atoms with Crippen molar-refractivity contribution in [2.45, 2.75) is 13.1 Å². The molecular formula is C20H24ClN. The molecule has 0 saturated carbocycles. The van der Waals surface area contributed by atoms with E-state index in [-0.39, 0.29) is 12.4 Å². The molecule has 0 spiro atoms. The van der Waals surface area contributed by atoms with Crippen LogP contribution >= 0.6 is 0 Å². The molecule has 0 fully saturated rings. The first-order valence-electron chi connectivity index (χ1n) is 7.27. The molecule has 2 heteroatoms. The Hall–Kier alpha value is -1.83. The average molecular weight is 314 g/mol. The van der Waals surface area contributed by atoms with E-state index >= 15 is 0 Å². The number of rotatable bonds is 6. The summed E-state index contributed by atoms with van der Waals surface area (Å²) in [5.74, 6) is 0. The molecule has 2 aromatic rings. The largest absolute Gasteiger partial charge is 1.00 e. The van der Waals surface area contributed by atoms with E-state index in [0.29, 0.717) is 0 Å². The van der Waals surface area contributed by atoms with Crippen molar-refractivity contribution in [3.8, 4) is 0 Å². The summed E-state index contributed by atoms with van der Waals surface area (Å²) in [7, 11) is 4.53. The third-order valence-electron chi connectivity index (χ3n) is 3.65. The average Bonchev–Trinajstić information content (AvgIpc) is 2.48. The monoisotopic (exact) mass is 313 g/mol. The zero-order valence-electron chi connectivity index (χ0n) is 13.4. The van der Waals surface area contributed by atoms with Gasteiger partial charge in [0.25, 0.3) is 0 Å². The van der Waals surface area contributed by atoms with Crippen LogP contribution in [0.1, 0.15) is 22.3 Å². The maximum Gasteiger partial charge on any atom is 0.104 e. The molecule has 1 nitrogen and oxygen atoms in total. The maximum atomic E-state index is 3.79. The minimum absolute atomic E-state index is 0. The number of quaternary nitrogens is 1. The van der Waals surface area contributed by atoms with E-state index in [4.69, 9.17) is 0 Å².